The summed E-state index contributed by atoms with van der Waals surface area (Å²) < 4.78 is 27.4. The molecular weight excluding hydrogens is 426 g/mol. The Morgan fingerprint density at radius 2 is 1.53 bits per heavy atom. The van der Waals surface area contributed by atoms with E-state index in [0.29, 0.717) is 11.8 Å². The Bertz CT molecular complexity index is 853. The van der Waals surface area contributed by atoms with Crippen molar-refractivity contribution >= 4 is 30.1 Å². The van der Waals surface area contributed by atoms with Crippen LogP contribution in [0.3, 0.4) is 0 Å². The Kier molecular flexibility index (Phi) is 8.71. The Hall–Kier alpha value is -3.47. The van der Waals surface area contributed by atoms with Gasteiger partial charge in [-0.15, -0.1) is 0 Å². The molecule has 11 heteroatoms. The molecule has 2 rings (SSSR count). The number of nitrogens with one attached hydrogen (secondary N) is 1. The molecule has 0 aliphatic carbocycles. The zero-order valence-corrected chi connectivity index (χ0v) is 18.1. The maximum atomic E-state index is 11.9. The number of ether oxygens (including phenoxy) is 5. The van der Waals surface area contributed by atoms with Gasteiger partial charge in [-0.3, -0.25) is 24.0 Å². The first-order valence-electron chi connectivity index (χ1n) is 9.73. The van der Waals surface area contributed by atoms with Crippen LogP contribution in [0.2, 0.25) is 0 Å². The molecule has 0 radical (unpaired) electrons. The maximum Gasteiger partial charge on any atom is 0.303 e. The topological polar surface area (TPSA) is 144 Å². The number of carbonyl (C=O) groups is 5. The van der Waals surface area contributed by atoms with E-state index < -0.39 is 54.5 Å². The molecule has 0 bridgehead atoms. The highest BCUT2D eigenvalue weighted by molar-refractivity contribution is 5.75. The van der Waals surface area contributed by atoms with Crippen molar-refractivity contribution in [3.63, 3.8) is 0 Å². The largest absolute Gasteiger partial charge is 0.463 e. The third-order valence-electron chi connectivity index (χ3n) is 4.34. The van der Waals surface area contributed by atoms with Gasteiger partial charge in [-0.1, -0.05) is 0 Å². The van der Waals surface area contributed by atoms with Crippen LogP contribution >= 0.6 is 0 Å². The smallest absolute Gasteiger partial charge is 0.303 e. The number of hydrogen-bond acceptors (Lipinski definition) is 10. The van der Waals surface area contributed by atoms with Gasteiger partial charge in [-0.2, -0.15) is 0 Å². The fourth-order valence-corrected chi connectivity index (χ4v) is 3.15. The molecule has 1 N–H and O–H groups in total. The van der Waals surface area contributed by atoms with E-state index in [9.17, 15) is 24.0 Å². The lowest BCUT2D eigenvalue weighted by Gasteiger charge is -2.44. The molecule has 1 aliphatic heterocycles. The first-order valence-corrected chi connectivity index (χ1v) is 9.73. The Morgan fingerprint density at radius 3 is 2.03 bits per heavy atom. The lowest BCUT2D eigenvalue weighted by Crippen LogP contribution is -2.67. The molecule has 1 fully saturated rings. The number of carbonyl (C=O) groups excluding carboxylic acids is 5. The number of benzene rings is 1. The van der Waals surface area contributed by atoms with Crippen LogP contribution in [0.5, 0.6) is 5.75 Å². The van der Waals surface area contributed by atoms with Crippen LogP contribution in [0, 0.1) is 0 Å². The van der Waals surface area contributed by atoms with E-state index in [-0.39, 0.29) is 12.4 Å². The van der Waals surface area contributed by atoms with Crippen molar-refractivity contribution in [2.24, 2.45) is 0 Å². The molecule has 0 unspecified atom stereocenters. The minimum Gasteiger partial charge on any atom is -0.463 e. The van der Waals surface area contributed by atoms with Gasteiger partial charge in [0.25, 0.3) is 0 Å². The second-order valence-corrected chi connectivity index (χ2v) is 7.02. The van der Waals surface area contributed by atoms with Crippen molar-refractivity contribution in [2.75, 3.05) is 6.61 Å². The van der Waals surface area contributed by atoms with Crippen molar-refractivity contribution in [2.45, 2.75) is 58.3 Å². The van der Waals surface area contributed by atoms with E-state index in [0.717, 1.165) is 13.8 Å². The van der Waals surface area contributed by atoms with Gasteiger partial charge in [0.15, 0.2) is 12.2 Å². The molecule has 1 aliphatic rings. The molecule has 0 saturated carbocycles. The van der Waals surface area contributed by atoms with Crippen LogP contribution in [0.1, 0.15) is 38.1 Å². The van der Waals surface area contributed by atoms with Crippen LogP contribution < -0.4 is 10.1 Å². The van der Waals surface area contributed by atoms with Gasteiger partial charge in [0.05, 0.1) is 0 Å². The first kappa shape index (κ1) is 24.8. The van der Waals surface area contributed by atoms with Gasteiger partial charge in [0.2, 0.25) is 12.2 Å². The summed E-state index contributed by atoms with van der Waals surface area (Å²) in [5.74, 6) is -2.21. The predicted molar refractivity (Wildman–Crippen MR) is 106 cm³/mol. The molecule has 1 saturated heterocycles. The van der Waals surface area contributed by atoms with Crippen molar-refractivity contribution in [3.8, 4) is 5.75 Å². The van der Waals surface area contributed by atoms with Crippen molar-refractivity contribution in [1.82, 2.24) is 5.32 Å². The summed E-state index contributed by atoms with van der Waals surface area (Å²) in [5, 5.41) is 2.60. The van der Waals surface area contributed by atoms with Gasteiger partial charge >= 0.3 is 17.9 Å². The summed E-state index contributed by atoms with van der Waals surface area (Å²) in [5.41, 5.74) is 0.417. The molecular formula is C21H25NO10. The number of hydrogen-bond donors (Lipinski definition) is 1. The first-order chi connectivity index (χ1) is 15.1. The lowest BCUT2D eigenvalue weighted by atomic mass is 9.96. The second-order valence-electron chi connectivity index (χ2n) is 7.02. The Labute approximate surface area is 184 Å². The standard InChI is InChI=1S/C21H25NO10/c1-11(24)22-18-20(30-14(4)27)19(29-13(3)26)17(10-28-12(2)25)32-21(18)31-16-7-5-15(9-23)6-8-16/h5-9,17-21H,10H2,1-4H3,(H,22,24)/t17-,18-,19+,20-,21-/m0/s1. The number of rotatable bonds is 8. The summed E-state index contributed by atoms with van der Waals surface area (Å²) in [7, 11) is 0. The summed E-state index contributed by atoms with van der Waals surface area (Å²) in [6, 6.07) is 4.97. The van der Waals surface area contributed by atoms with Crippen molar-refractivity contribution < 1.29 is 47.7 Å². The van der Waals surface area contributed by atoms with Gasteiger partial charge in [-0.05, 0) is 24.3 Å². The van der Waals surface area contributed by atoms with Crippen molar-refractivity contribution in [3.05, 3.63) is 29.8 Å². The molecule has 11 nitrogen and oxygen atoms in total. The third kappa shape index (κ3) is 7.05. The van der Waals surface area contributed by atoms with E-state index in [1.165, 1.54) is 38.1 Å². The van der Waals surface area contributed by atoms with Crippen LogP contribution in [-0.4, -0.2) is 67.4 Å². The average molecular weight is 451 g/mol. The van der Waals surface area contributed by atoms with E-state index in [2.05, 4.69) is 5.32 Å². The van der Waals surface area contributed by atoms with Crippen LogP contribution in [0.4, 0.5) is 0 Å². The fourth-order valence-electron chi connectivity index (χ4n) is 3.15. The monoisotopic (exact) mass is 451 g/mol. The van der Waals surface area contributed by atoms with Gasteiger partial charge < -0.3 is 29.0 Å². The zero-order chi connectivity index (χ0) is 23.8. The molecule has 174 valence electrons. The molecule has 0 aromatic heterocycles. The quantitative estimate of drug-likeness (QED) is 0.338. The maximum absolute atomic E-state index is 11.9. The van der Waals surface area contributed by atoms with E-state index in [1.807, 2.05) is 0 Å². The second kappa shape index (κ2) is 11.2. The molecule has 1 aromatic carbocycles. The zero-order valence-electron chi connectivity index (χ0n) is 18.1. The molecule has 1 amide bonds. The minimum atomic E-state index is -1.22. The highest BCUT2D eigenvalue weighted by atomic mass is 16.7. The molecule has 5 atom stereocenters. The van der Waals surface area contributed by atoms with Crippen LogP contribution in [0.15, 0.2) is 24.3 Å². The van der Waals surface area contributed by atoms with Crippen LogP contribution in [0.25, 0.3) is 0 Å². The van der Waals surface area contributed by atoms with E-state index in [4.69, 9.17) is 23.7 Å². The predicted octanol–water partition coefficient (Wildman–Crippen LogP) is 0.534. The molecule has 0 spiro atoms. The Balaban J connectivity index is 2.43. The number of amides is 1. The lowest BCUT2D eigenvalue weighted by molar-refractivity contribution is -0.257. The number of aldehydes is 1. The summed E-state index contributed by atoms with van der Waals surface area (Å²) in [4.78, 5) is 57.6. The van der Waals surface area contributed by atoms with Gasteiger partial charge in [0, 0.05) is 33.3 Å². The van der Waals surface area contributed by atoms with E-state index in [1.54, 1.807) is 0 Å². The fraction of sp³-hybridized carbons (Fsp3) is 0.476. The van der Waals surface area contributed by atoms with Gasteiger partial charge in [0.1, 0.15) is 30.8 Å². The molecule has 1 heterocycles. The van der Waals surface area contributed by atoms with E-state index >= 15 is 0 Å². The molecule has 1 aromatic rings. The third-order valence-corrected chi connectivity index (χ3v) is 4.34. The highest BCUT2D eigenvalue weighted by Gasteiger charge is 2.51. The molecule has 32 heavy (non-hydrogen) atoms. The summed E-state index contributed by atoms with van der Waals surface area (Å²) in [6.45, 7) is 4.41. The van der Waals surface area contributed by atoms with Crippen molar-refractivity contribution in [1.29, 1.82) is 0 Å². The highest BCUT2D eigenvalue weighted by Crippen LogP contribution is 2.29. The average Bonchev–Trinajstić information content (AvgIpc) is 2.70. The SMILES string of the molecule is CC(=O)N[C@@H]1[C@@H](Oc2ccc(C=O)cc2)O[C@@H](COC(C)=O)[C@@H](OC(C)=O)[C@H]1OC(C)=O. The minimum absolute atomic E-state index is 0.287. The summed E-state index contributed by atoms with van der Waals surface area (Å²) >= 11 is 0. The number of esters is 3. The van der Waals surface area contributed by atoms with Gasteiger partial charge in [-0.25, -0.2) is 0 Å². The van der Waals surface area contributed by atoms with Crippen LogP contribution in [-0.2, 0) is 38.1 Å². The summed E-state index contributed by atoms with van der Waals surface area (Å²) in [6.07, 6.45) is -4.05. The Morgan fingerprint density at radius 1 is 0.938 bits per heavy atom. The normalized spacial score (nSPS) is 24.6.